The molecule has 2 aromatic heterocycles. The number of allylic oxidation sites excluding steroid dienone is 4. The minimum Gasteiger partial charge on any atom is -0.476 e. The molecule has 0 atom stereocenters. The predicted molar refractivity (Wildman–Crippen MR) is 137 cm³/mol. The molecule has 0 aliphatic rings. The second kappa shape index (κ2) is 17.2. The molecule has 7 heteroatoms. The summed E-state index contributed by atoms with van der Waals surface area (Å²) < 4.78 is 7.70. The van der Waals surface area contributed by atoms with Crippen LogP contribution >= 0.6 is 11.8 Å². The van der Waals surface area contributed by atoms with E-state index in [0.29, 0.717) is 29.3 Å². The van der Waals surface area contributed by atoms with Crippen molar-refractivity contribution in [3.63, 3.8) is 0 Å². The molecule has 33 heavy (non-hydrogen) atoms. The molecule has 0 radical (unpaired) electrons. The molecule has 2 aromatic rings. The summed E-state index contributed by atoms with van der Waals surface area (Å²) in [4.78, 5) is 8.58. The lowest BCUT2D eigenvalue weighted by atomic mass is 10.1. The molecule has 180 valence electrons. The average molecular weight is 470 g/mol. The Morgan fingerprint density at radius 3 is 2.36 bits per heavy atom. The van der Waals surface area contributed by atoms with Crippen molar-refractivity contribution < 1.29 is 4.74 Å². The number of thioether (sulfide) groups is 1. The fourth-order valence-corrected chi connectivity index (χ4v) is 4.18. The van der Waals surface area contributed by atoms with Crippen LogP contribution in [0.1, 0.15) is 84.0 Å². The molecule has 0 bridgehead atoms. The van der Waals surface area contributed by atoms with E-state index in [0.717, 1.165) is 17.9 Å². The number of fused-ring (bicyclic) bond motifs is 1. The second-order valence-corrected chi connectivity index (χ2v) is 9.15. The molecular weight excluding hydrogens is 430 g/mol. The molecule has 0 fully saturated rings. The van der Waals surface area contributed by atoms with Gasteiger partial charge in [-0.2, -0.15) is 10.4 Å². The zero-order valence-corrected chi connectivity index (χ0v) is 21.2. The highest BCUT2D eigenvalue weighted by atomic mass is 32.2. The maximum Gasteiger partial charge on any atom is 0.239 e. The number of unbranched alkanes of at least 4 members (excludes halogenated alkanes) is 9. The monoisotopic (exact) mass is 469 g/mol. The van der Waals surface area contributed by atoms with Gasteiger partial charge in [0.15, 0.2) is 5.52 Å². The van der Waals surface area contributed by atoms with Crippen molar-refractivity contribution in [1.29, 1.82) is 5.26 Å². The average Bonchev–Trinajstić information content (AvgIpc) is 3.15. The highest BCUT2D eigenvalue weighted by Gasteiger charge is 2.16. The van der Waals surface area contributed by atoms with Gasteiger partial charge in [-0.05, 0) is 38.5 Å². The summed E-state index contributed by atoms with van der Waals surface area (Å²) in [5.74, 6) is 1.01. The van der Waals surface area contributed by atoms with Crippen LogP contribution in [0.15, 0.2) is 35.7 Å². The zero-order valence-electron chi connectivity index (χ0n) is 20.3. The molecule has 0 saturated carbocycles. The van der Waals surface area contributed by atoms with Crippen LogP contribution in [0.5, 0.6) is 5.88 Å². The van der Waals surface area contributed by atoms with Gasteiger partial charge in [0, 0.05) is 7.05 Å². The maximum absolute atomic E-state index is 8.80. The van der Waals surface area contributed by atoms with Crippen LogP contribution in [0.3, 0.4) is 0 Å². The third-order valence-corrected chi connectivity index (χ3v) is 6.24. The number of aryl methyl sites for hydroxylation is 1. The van der Waals surface area contributed by atoms with E-state index in [-0.39, 0.29) is 0 Å². The molecule has 0 aliphatic heterocycles. The molecular formula is C26H39N5OS. The first kappa shape index (κ1) is 26.9. The summed E-state index contributed by atoms with van der Waals surface area (Å²) in [6.45, 7) is 2.91. The Hall–Kier alpha value is -2.33. The minimum atomic E-state index is 0.339. The van der Waals surface area contributed by atoms with Crippen LogP contribution in [0.25, 0.3) is 11.0 Å². The van der Waals surface area contributed by atoms with Crippen LogP contribution < -0.4 is 4.74 Å². The van der Waals surface area contributed by atoms with E-state index in [9.17, 15) is 0 Å². The predicted octanol–water partition coefficient (Wildman–Crippen LogP) is 7.17. The van der Waals surface area contributed by atoms with Gasteiger partial charge >= 0.3 is 0 Å². The van der Waals surface area contributed by atoms with Gasteiger partial charge in [0.05, 0.1) is 18.4 Å². The standard InChI is InChI=1S/C26H39N5OS/c1-3-4-5-6-7-8-9-10-11-12-13-14-15-16-17-18-20-32-26-24-23(30-31(26)2)25(29-22-28-24)33-21-19-27/h7-8,10-11,22H,3-6,9,12-18,20-21H2,1-2H3/b8-7-,11-10-. The molecule has 6 nitrogen and oxygen atoms in total. The van der Waals surface area contributed by atoms with E-state index in [1.54, 1.807) is 4.68 Å². The Morgan fingerprint density at radius 2 is 1.64 bits per heavy atom. The van der Waals surface area contributed by atoms with Gasteiger partial charge in [-0.3, -0.25) is 0 Å². The summed E-state index contributed by atoms with van der Waals surface area (Å²) in [5.41, 5.74) is 1.42. The van der Waals surface area contributed by atoms with Crippen LogP contribution in [0.2, 0.25) is 0 Å². The molecule has 0 amide bonds. The lowest BCUT2D eigenvalue weighted by Gasteiger charge is -2.06. The number of nitrogens with zero attached hydrogens (tertiary/aromatic N) is 5. The topological polar surface area (TPSA) is 76.6 Å². The fourth-order valence-electron chi connectivity index (χ4n) is 3.59. The van der Waals surface area contributed by atoms with Crippen LogP contribution in [0.4, 0.5) is 0 Å². The highest BCUT2D eigenvalue weighted by Crippen LogP contribution is 2.29. The van der Waals surface area contributed by atoms with Crippen molar-refractivity contribution in [3.8, 4) is 11.9 Å². The molecule has 0 unspecified atom stereocenters. The number of nitriles is 1. The van der Waals surface area contributed by atoms with E-state index < -0.39 is 0 Å². The Labute approximate surface area is 203 Å². The quantitative estimate of drug-likeness (QED) is 0.0996. The first-order chi connectivity index (χ1) is 16.3. The van der Waals surface area contributed by atoms with Gasteiger partial charge in [-0.15, -0.1) is 0 Å². The molecule has 0 aliphatic carbocycles. The molecule has 2 heterocycles. The third kappa shape index (κ3) is 10.4. The summed E-state index contributed by atoms with van der Waals surface area (Å²) in [6.07, 6.45) is 25.5. The maximum atomic E-state index is 8.80. The van der Waals surface area contributed by atoms with E-state index in [4.69, 9.17) is 10.00 Å². The Morgan fingerprint density at radius 1 is 0.939 bits per heavy atom. The van der Waals surface area contributed by atoms with Crippen molar-refractivity contribution in [2.24, 2.45) is 7.05 Å². The number of aromatic nitrogens is 4. The van der Waals surface area contributed by atoms with Gasteiger partial charge in [0.1, 0.15) is 16.9 Å². The summed E-state index contributed by atoms with van der Waals surface area (Å²) in [5, 5.41) is 14.0. The first-order valence-corrected chi connectivity index (χ1v) is 13.4. The molecule has 0 saturated heterocycles. The molecule has 0 spiro atoms. The Balaban J connectivity index is 1.53. The molecule has 0 N–H and O–H groups in total. The van der Waals surface area contributed by atoms with Gasteiger partial charge in [0.25, 0.3) is 0 Å². The number of hydrogen-bond acceptors (Lipinski definition) is 6. The van der Waals surface area contributed by atoms with Crippen molar-refractivity contribution in [2.45, 2.75) is 89.0 Å². The van der Waals surface area contributed by atoms with Crippen LogP contribution in [0, 0.1) is 11.3 Å². The second-order valence-electron chi connectivity index (χ2n) is 8.18. The largest absolute Gasteiger partial charge is 0.476 e. The molecule has 0 aromatic carbocycles. The van der Waals surface area contributed by atoms with E-state index in [2.05, 4.69) is 52.4 Å². The number of rotatable bonds is 18. The Kier molecular flexibility index (Phi) is 14.0. The van der Waals surface area contributed by atoms with E-state index in [1.165, 1.54) is 82.3 Å². The zero-order chi connectivity index (χ0) is 23.6. The number of ether oxygens (including phenoxy) is 1. The van der Waals surface area contributed by atoms with Crippen molar-refractivity contribution in [3.05, 3.63) is 30.6 Å². The SMILES string of the molecule is CCCCC/C=C\C/C=C\CCCCCCCCOc1c2ncnc(SCC#N)c2nn1C. The first-order valence-electron chi connectivity index (χ1n) is 12.4. The van der Waals surface area contributed by atoms with Gasteiger partial charge in [0.2, 0.25) is 5.88 Å². The molecule has 2 rings (SSSR count). The van der Waals surface area contributed by atoms with Crippen molar-refractivity contribution in [2.75, 3.05) is 12.4 Å². The van der Waals surface area contributed by atoms with Crippen molar-refractivity contribution in [1.82, 2.24) is 19.7 Å². The number of hydrogen-bond donors (Lipinski definition) is 0. The third-order valence-electron chi connectivity index (χ3n) is 5.39. The van der Waals surface area contributed by atoms with Crippen LogP contribution in [-0.2, 0) is 7.05 Å². The normalized spacial score (nSPS) is 11.7. The van der Waals surface area contributed by atoms with E-state index in [1.807, 2.05) is 7.05 Å². The lowest BCUT2D eigenvalue weighted by Crippen LogP contribution is -2.02. The van der Waals surface area contributed by atoms with Crippen LogP contribution in [-0.4, -0.2) is 32.1 Å². The van der Waals surface area contributed by atoms with Gasteiger partial charge in [-0.25, -0.2) is 14.6 Å². The van der Waals surface area contributed by atoms with Gasteiger partial charge in [-0.1, -0.05) is 81.5 Å². The summed E-state index contributed by atoms with van der Waals surface area (Å²) in [7, 11) is 1.86. The van der Waals surface area contributed by atoms with Gasteiger partial charge < -0.3 is 4.74 Å². The summed E-state index contributed by atoms with van der Waals surface area (Å²) >= 11 is 1.37. The smallest absolute Gasteiger partial charge is 0.239 e. The minimum absolute atomic E-state index is 0.339. The lowest BCUT2D eigenvalue weighted by molar-refractivity contribution is 0.282. The van der Waals surface area contributed by atoms with Crippen molar-refractivity contribution >= 4 is 22.8 Å². The van der Waals surface area contributed by atoms with E-state index >= 15 is 0 Å². The highest BCUT2D eigenvalue weighted by molar-refractivity contribution is 7.99. The summed E-state index contributed by atoms with van der Waals surface area (Å²) in [6, 6.07) is 2.12. The fraction of sp³-hybridized carbons (Fsp3) is 0.615. The Bertz CT molecular complexity index is 900.